The summed E-state index contributed by atoms with van der Waals surface area (Å²) in [5.41, 5.74) is 2.63. The Morgan fingerprint density at radius 2 is 2.00 bits per heavy atom. The second-order valence-electron chi connectivity index (χ2n) is 8.54. The van der Waals surface area contributed by atoms with Crippen molar-refractivity contribution in [2.75, 3.05) is 52.1 Å². The molecule has 4 rings (SSSR count). The number of likely N-dealkylation sites (N-methyl/N-ethyl adjacent to an activating group) is 1. The lowest BCUT2D eigenvalue weighted by molar-refractivity contribution is 0.0964. The van der Waals surface area contributed by atoms with Crippen LogP contribution >= 0.6 is 48.6 Å². The number of aryl methyl sites for hydroxylation is 1. The quantitative estimate of drug-likeness (QED) is 0.406. The number of hydrogen-bond donors (Lipinski definition) is 2. The molecule has 0 bridgehead atoms. The molecule has 2 N–H and O–H groups in total. The monoisotopic (exact) mass is 560 g/mol. The number of benzene rings is 1. The number of rotatable bonds is 7. The minimum atomic E-state index is -0.0727. The summed E-state index contributed by atoms with van der Waals surface area (Å²) >= 11 is 1.65. The molecule has 1 saturated heterocycles. The van der Waals surface area contributed by atoms with Gasteiger partial charge in [-0.1, -0.05) is 6.07 Å². The lowest BCUT2D eigenvalue weighted by Gasteiger charge is -2.37. The fourth-order valence-electron chi connectivity index (χ4n) is 4.12. The molecular weight excluding hydrogens is 527 g/mol. The van der Waals surface area contributed by atoms with Crippen LogP contribution in [0.1, 0.15) is 29.3 Å². The highest BCUT2D eigenvalue weighted by atomic mass is 35.5. The number of nitrogens with zero attached hydrogens (tertiary/aromatic N) is 4. The van der Waals surface area contributed by atoms with Gasteiger partial charge in [0.05, 0.1) is 10.6 Å². The molecule has 1 atom stereocenters. The summed E-state index contributed by atoms with van der Waals surface area (Å²) in [5.74, 6) is 0.581. The van der Waals surface area contributed by atoms with Gasteiger partial charge in [-0.05, 0) is 57.6 Å². The van der Waals surface area contributed by atoms with E-state index < -0.39 is 0 Å². The Morgan fingerprint density at radius 3 is 2.71 bits per heavy atom. The van der Waals surface area contributed by atoms with E-state index in [4.69, 9.17) is 4.98 Å². The Bertz CT molecular complexity index is 1110. The summed E-state index contributed by atoms with van der Waals surface area (Å²) in [7, 11) is 3.86. The van der Waals surface area contributed by atoms with Crippen LogP contribution in [0.25, 0.3) is 20.7 Å². The van der Waals surface area contributed by atoms with Gasteiger partial charge in [-0.3, -0.25) is 4.79 Å². The highest BCUT2D eigenvalue weighted by molar-refractivity contribution is 7.22. The number of fused-ring (bicyclic) bond motifs is 1. The third-order valence-electron chi connectivity index (χ3n) is 6.22. The summed E-state index contributed by atoms with van der Waals surface area (Å²) in [6, 6.07) is 8.51. The lowest BCUT2D eigenvalue weighted by atomic mass is 10.1. The maximum absolute atomic E-state index is 12.2. The molecule has 7 nitrogen and oxygen atoms in total. The van der Waals surface area contributed by atoms with E-state index in [0.717, 1.165) is 65.4 Å². The van der Waals surface area contributed by atoms with Crippen LogP contribution in [0.5, 0.6) is 0 Å². The fourth-order valence-corrected chi connectivity index (χ4v) is 5.26. The Hall–Kier alpha value is -1.68. The average Bonchev–Trinajstić information content (AvgIpc) is 3.23. The minimum Gasteiger partial charge on any atom is -0.355 e. The number of hydrogen-bond acceptors (Lipinski definition) is 7. The van der Waals surface area contributed by atoms with Crippen molar-refractivity contribution in [2.45, 2.75) is 26.3 Å². The van der Waals surface area contributed by atoms with E-state index in [2.05, 4.69) is 45.5 Å². The summed E-state index contributed by atoms with van der Waals surface area (Å²) in [5, 5.41) is 7.08. The van der Waals surface area contributed by atoms with Crippen molar-refractivity contribution < 1.29 is 4.79 Å². The van der Waals surface area contributed by atoms with Gasteiger partial charge in [0.1, 0.15) is 0 Å². The number of carbonyl (C=O) groups excluding carboxylic acids is 1. The lowest BCUT2D eigenvalue weighted by Crippen LogP contribution is -2.50. The van der Waals surface area contributed by atoms with Gasteiger partial charge in [-0.15, -0.1) is 48.6 Å². The van der Waals surface area contributed by atoms with Crippen molar-refractivity contribution in [1.29, 1.82) is 0 Å². The van der Waals surface area contributed by atoms with E-state index in [1.54, 1.807) is 18.4 Å². The first-order valence-corrected chi connectivity index (χ1v) is 12.0. The molecule has 11 heteroatoms. The first-order chi connectivity index (χ1) is 15.5. The number of anilines is 1. The van der Waals surface area contributed by atoms with Gasteiger partial charge in [-0.25, -0.2) is 9.97 Å². The number of piperazine rings is 1. The highest BCUT2D eigenvalue weighted by Crippen LogP contribution is 2.35. The first-order valence-electron chi connectivity index (χ1n) is 11.2. The summed E-state index contributed by atoms with van der Waals surface area (Å²) in [4.78, 5) is 27.5. The van der Waals surface area contributed by atoms with Gasteiger partial charge in [0, 0.05) is 61.1 Å². The van der Waals surface area contributed by atoms with Crippen molar-refractivity contribution in [2.24, 2.45) is 0 Å². The summed E-state index contributed by atoms with van der Waals surface area (Å²) < 4.78 is 1.08. The van der Waals surface area contributed by atoms with Gasteiger partial charge in [0.15, 0.2) is 0 Å². The SMILES string of the molecule is CNC(=O)c1cccc2sc(-c3nc(NCCCN4CCN(C)C(C)C4)ncc3C)cc12.Cl.Cl.Cl. The molecule has 1 amide bonds. The molecule has 1 aromatic carbocycles. The molecule has 0 saturated carbocycles. The van der Waals surface area contributed by atoms with Crippen LogP contribution in [0.2, 0.25) is 0 Å². The zero-order valence-corrected chi connectivity index (χ0v) is 23.8. The highest BCUT2D eigenvalue weighted by Gasteiger charge is 2.20. The number of halogens is 3. The average molecular weight is 562 g/mol. The normalized spacial score (nSPS) is 16.1. The van der Waals surface area contributed by atoms with Crippen LogP contribution in [0.4, 0.5) is 5.95 Å². The van der Waals surface area contributed by atoms with E-state index in [1.807, 2.05) is 31.3 Å². The third-order valence-corrected chi connectivity index (χ3v) is 7.32. The predicted molar refractivity (Wildman–Crippen MR) is 154 cm³/mol. The van der Waals surface area contributed by atoms with Crippen LogP contribution in [-0.2, 0) is 0 Å². The smallest absolute Gasteiger partial charge is 0.251 e. The molecule has 35 heavy (non-hydrogen) atoms. The van der Waals surface area contributed by atoms with Crippen LogP contribution in [0.15, 0.2) is 30.5 Å². The van der Waals surface area contributed by atoms with Crippen molar-refractivity contribution in [1.82, 2.24) is 25.1 Å². The topological polar surface area (TPSA) is 73.4 Å². The molecule has 194 valence electrons. The van der Waals surface area contributed by atoms with E-state index in [9.17, 15) is 4.79 Å². The van der Waals surface area contributed by atoms with Crippen molar-refractivity contribution in [3.05, 3.63) is 41.6 Å². The molecular formula is C24H35Cl3N6OS. The maximum atomic E-state index is 12.2. The van der Waals surface area contributed by atoms with Gasteiger partial charge in [-0.2, -0.15) is 0 Å². The number of amides is 1. The van der Waals surface area contributed by atoms with Crippen LogP contribution in [0, 0.1) is 6.92 Å². The molecule has 1 unspecified atom stereocenters. The predicted octanol–water partition coefficient (Wildman–Crippen LogP) is 4.73. The van der Waals surface area contributed by atoms with Gasteiger partial charge < -0.3 is 20.4 Å². The molecule has 0 aliphatic carbocycles. The van der Waals surface area contributed by atoms with Crippen LogP contribution < -0.4 is 10.6 Å². The van der Waals surface area contributed by atoms with Crippen molar-refractivity contribution in [3.8, 4) is 10.6 Å². The molecule has 3 aromatic rings. The number of nitrogens with one attached hydrogen (secondary N) is 2. The molecule has 0 spiro atoms. The van der Waals surface area contributed by atoms with E-state index in [0.29, 0.717) is 17.6 Å². The van der Waals surface area contributed by atoms with Gasteiger partial charge in [0.2, 0.25) is 5.95 Å². The number of carbonyl (C=O) groups is 1. The summed E-state index contributed by atoms with van der Waals surface area (Å²) in [6.45, 7) is 9.64. The Balaban J connectivity index is 0.00000204. The third kappa shape index (κ3) is 7.41. The van der Waals surface area contributed by atoms with Crippen molar-refractivity contribution >= 4 is 70.5 Å². The first kappa shape index (κ1) is 31.4. The maximum Gasteiger partial charge on any atom is 0.251 e. The Labute approximate surface area is 230 Å². The second-order valence-corrected chi connectivity index (χ2v) is 9.63. The van der Waals surface area contributed by atoms with Crippen LogP contribution in [0.3, 0.4) is 0 Å². The molecule has 1 aliphatic rings. The summed E-state index contributed by atoms with van der Waals surface area (Å²) in [6.07, 6.45) is 2.93. The van der Waals surface area contributed by atoms with Crippen LogP contribution in [-0.4, -0.2) is 78.5 Å². The van der Waals surface area contributed by atoms with Gasteiger partial charge in [0.25, 0.3) is 5.91 Å². The second kappa shape index (κ2) is 14.2. The Morgan fingerprint density at radius 1 is 1.23 bits per heavy atom. The minimum absolute atomic E-state index is 0. The molecule has 0 radical (unpaired) electrons. The molecule has 3 heterocycles. The van der Waals surface area contributed by atoms with Crippen molar-refractivity contribution in [3.63, 3.8) is 0 Å². The van der Waals surface area contributed by atoms with Gasteiger partial charge >= 0.3 is 0 Å². The fraction of sp³-hybridized carbons (Fsp3) is 0.458. The van der Waals surface area contributed by atoms with E-state index in [1.165, 1.54) is 0 Å². The zero-order chi connectivity index (χ0) is 22.7. The number of aromatic nitrogens is 2. The molecule has 1 fully saturated rings. The molecule has 2 aromatic heterocycles. The van der Waals surface area contributed by atoms with E-state index in [-0.39, 0.29) is 43.1 Å². The molecule has 1 aliphatic heterocycles. The Kier molecular flexibility index (Phi) is 12.7. The number of thiophene rings is 1. The van der Waals surface area contributed by atoms with E-state index >= 15 is 0 Å². The zero-order valence-electron chi connectivity index (χ0n) is 20.5. The largest absolute Gasteiger partial charge is 0.355 e. The standard InChI is InChI=1S/C24H32N6OS.3ClH/c1-16-14-27-24(26-9-6-10-30-12-11-29(4)17(2)15-30)28-22(16)21-13-19-18(23(31)25-3)7-5-8-20(19)32-21;;;/h5,7-8,13-14,17H,6,9-12,15H2,1-4H3,(H,25,31)(H,26,27,28);3*1H.